The maximum atomic E-state index is 2.76. The van der Waals surface area contributed by atoms with Gasteiger partial charge < -0.3 is 9.80 Å². The minimum Gasteiger partial charge on any atom is -0.311 e. The summed E-state index contributed by atoms with van der Waals surface area (Å²) < 4.78 is 1.36. The number of hydrogen-bond donors (Lipinski definition) is 0. The lowest BCUT2D eigenvalue weighted by Gasteiger charge is -2.49. The fourth-order valence-corrected chi connectivity index (χ4v) is 12.8. The van der Waals surface area contributed by atoms with Gasteiger partial charge in [-0.25, -0.2) is 0 Å². The van der Waals surface area contributed by atoms with E-state index in [9.17, 15) is 0 Å². The molecule has 0 unspecified atom stereocenters. The van der Waals surface area contributed by atoms with Crippen molar-refractivity contribution in [2.75, 3.05) is 9.80 Å². The van der Waals surface area contributed by atoms with Gasteiger partial charge in [-0.05, 0) is 171 Å². The average Bonchev–Trinajstić information content (AvgIpc) is 3.52. The van der Waals surface area contributed by atoms with Gasteiger partial charge in [-0.3, -0.25) is 0 Å². The number of thiophene rings is 1. The normalized spacial score (nSPS) is 19.2. The first kappa shape index (κ1) is 38.9. The number of hydrogen-bond acceptors (Lipinski definition) is 3. The van der Waals surface area contributed by atoms with Crippen LogP contribution in [0.2, 0.25) is 0 Å². The Morgan fingerprint density at radius 1 is 0.559 bits per heavy atom. The van der Waals surface area contributed by atoms with Crippen LogP contribution >= 0.6 is 11.3 Å². The molecule has 4 aliphatic rings. The Labute approximate surface area is 359 Å². The quantitative estimate of drug-likeness (QED) is 0.161. The zero-order chi connectivity index (χ0) is 41.9. The van der Waals surface area contributed by atoms with Crippen molar-refractivity contribution in [3.8, 4) is 0 Å². The first-order chi connectivity index (χ1) is 27.6. The molecule has 0 amide bonds. The molecular formula is C55H63BN2S. The topological polar surface area (TPSA) is 6.48 Å². The van der Waals surface area contributed by atoms with Gasteiger partial charge in [0.05, 0.1) is 5.00 Å². The van der Waals surface area contributed by atoms with Crippen molar-refractivity contribution in [3.05, 3.63) is 123 Å². The van der Waals surface area contributed by atoms with Gasteiger partial charge in [0.15, 0.2) is 0 Å². The maximum Gasteiger partial charge on any atom is 0.254 e. The zero-order valence-corrected chi connectivity index (χ0v) is 39.0. The van der Waals surface area contributed by atoms with Gasteiger partial charge in [0.1, 0.15) is 0 Å². The second kappa shape index (κ2) is 12.4. The van der Waals surface area contributed by atoms with Gasteiger partial charge >= 0.3 is 0 Å². The van der Waals surface area contributed by atoms with Gasteiger partial charge in [0.2, 0.25) is 0 Å². The van der Waals surface area contributed by atoms with E-state index in [1.54, 1.807) is 5.56 Å². The molecule has 59 heavy (non-hydrogen) atoms. The molecule has 2 nitrogen and oxygen atoms in total. The molecule has 1 aromatic heterocycles. The van der Waals surface area contributed by atoms with E-state index in [0.29, 0.717) is 0 Å². The first-order valence-electron chi connectivity index (χ1n) is 22.3. The van der Waals surface area contributed by atoms with E-state index in [1.807, 2.05) is 11.3 Å². The number of aryl methyl sites for hydroxylation is 3. The molecule has 2 aliphatic heterocycles. The smallest absolute Gasteiger partial charge is 0.254 e. The summed E-state index contributed by atoms with van der Waals surface area (Å²) in [6, 6.07) is 32.1. The van der Waals surface area contributed by atoms with E-state index in [4.69, 9.17) is 0 Å². The van der Waals surface area contributed by atoms with Crippen LogP contribution in [0.25, 0.3) is 10.1 Å². The Bertz CT molecular complexity index is 2770. The summed E-state index contributed by atoms with van der Waals surface area (Å²) in [6.45, 7) is 33.9. The molecule has 0 atom stereocenters. The summed E-state index contributed by atoms with van der Waals surface area (Å²) in [5.41, 5.74) is 22.8. The third-order valence-electron chi connectivity index (χ3n) is 15.3. The van der Waals surface area contributed by atoms with Crippen LogP contribution in [-0.2, 0) is 27.1 Å². The predicted molar refractivity (Wildman–Crippen MR) is 259 cm³/mol. The molecule has 302 valence electrons. The van der Waals surface area contributed by atoms with Gasteiger partial charge in [-0.2, -0.15) is 0 Å². The van der Waals surface area contributed by atoms with Crippen LogP contribution < -0.4 is 26.2 Å². The Morgan fingerprint density at radius 2 is 1.19 bits per heavy atom. The second-order valence-electron chi connectivity index (χ2n) is 22.6. The van der Waals surface area contributed by atoms with Crippen LogP contribution in [0.15, 0.2) is 78.9 Å². The molecular weight excluding hydrogens is 731 g/mol. The minimum absolute atomic E-state index is 0.0107. The highest BCUT2D eigenvalue weighted by atomic mass is 32.1. The predicted octanol–water partition coefficient (Wildman–Crippen LogP) is 13.9. The zero-order valence-electron chi connectivity index (χ0n) is 38.2. The fourth-order valence-electron chi connectivity index (χ4n) is 11.6. The summed E-state index contributed by atoms with van der Waals surface area (Å²) in [5.74, 6) is 0. The molecule has 0 bridgehead atoms. The van der Waals surface area contributed by atoms with E-state index in [2.05, 4.69) is 186 Å². The summed E-state index contributed by atoms with van der Waals surface area (Å²) >= 11 is 1.98. The maximum absolute atomic E-state index is 2.76. The molecule has 4 heteroatoms. The molecule has 2 aliphatic carbocycles. The molecule has 0 saturated heterocycles. The standard InChI is InChI=1S/C55H63BN2S/c1-32-15-22-45-37(27-32)47-50(59-45)58(42-21-16-35(30-34(42)3)51(4,5)6)44-29-33(2)28-43-48(44)56(47)41-20-19-39-46(55(13,14)26-25-53(39,9)10)49(41)57(43)36-17-18-38-40(31-36)54(11,12)24-23-52(38,7)8/h15-22,27-31H,23-26H2,1-14H3. The highest BCUT2D eigenvalue weighted by Crippen LogP contribution is 2.56. The van der Waals surface area contributed by atoms with Crippen molar-refractivity contribution in [2.24, 2.45) is 0 Å². The van der Waals surface area contributed by atoms with E-state index in [0.717, 1.165) is 0 Å². The van der Waals surface area contributed by atoms with E-state index < -0.39 is 0 Å². The van der Waals surface area contributed by atoms with Crippen molar-refractivity contribution >= 4 is 78.0 Å². The van der Waals surface area contributed by atoms with Crippen molar-refractivity contribution in [1.82, 2.24) is 0 Å². The van der Waals surface area contributed by atoms with E-state index in [-0.39, 0.29) is 33.8 Å². The van der Waals surface area contributed by atoms with Gasteiger partial charge in [-0.1, -0.05) is 124 Å². The molecule has 5 aromatic carbocycles. The largest absolute Gasteiger partial charge is 0.311 e. The Balaban J connectivity index is 1.35. The fraction of sp³-hybridized carbons (Fsp3) is 0.418. The number of benzene rings is 5. The number of rotatable bonds is 2. The van der Waals surface area contributed by atoms with Crippen molar-refractivity contribution < 1.29 is 0 Å². The van der Waals surface area contributed by atoms with Crippen molar-refractivity contribution in [3.63, 3.8) is 0 Å². The summed E-state index contributed by atoms with van der Waals surface area (Å²) in [5, 5.41) is 2.76. The molecule has 10 rings (SSSR count). The van der Waals surface area contributed by atoms with Crippen molar-refractivity contribution in [2.45, 2.75) is 150 Å². The Kier molecular flexibility index (Phi) is 8.18. The summed E-state index contributed by atoms with van der Waals surface area (Å²) in [4.78, 5) is 5.42. The second-order valence-corrected chi connectivity index (χ2v) is 23.6. The summed E-state index contributed by atoms with van der Waals surface area (Å²) in [7, 11) is 0. The highest BCUT2D eigenvalue weighted by Gasteiger charge is 2.50. The molecule has 0 fully saturated rings. The molecule has 3 heterocycles. The lowest BCUT2D eigenvalue weighted by molar-refractivity contribution is 0.331. The summed E-state index contributed by atoms with van der Waals surface area (Å²) in [6.07, 6.45) is 4.77. The van der Waals surface area contributed by atoms with Crippen molar-refractivity contribution in [1.29, 1.82) is 0 Å². The lowest BCUT2D eigenvalue weighted by atomic mass is 9.33. The Hall–Kier alpha value is -4.28. The van der Waals surface area contributed by atoms with Gasteiger partial charge in [0.25, 0.3) is 6.71 Å². The van der Waals surface area contributed by atoms with E-state index >= 15 is 0 Å². The first-order valence-corrected chi connectivity index (χ1v) is 23.1. The van der Waals surface area contributed by atoms with Gasteiger partial charge in [-0.15, -0.1) is 11.3 Å². The highest BCUT2D eigenvalue weighted by molar-refractivity contribution is 7.26. The molecule has 6 aromatic rings. The third-order valence-corrected chi connectivity index (χ3v) is 16.5. The number of fused-ring (bicyclic) bond motifs is 9. The average molecular weight is 795 g/mol. The van der Waals surface area contributed by atoms with Crippen LogP contribution in [0.5, 0.6) is 0 Å². The Morgan fingerprint density at radius 3 is 1.86 bits per heavy atom. The molecule has 0 N–H and O–H groups in total. The van der Waals surface area contributed by atoms with Crippen LogP contribution in [-0.4, -0.2) is 6.71 Å². The van der Waals surface area contributed by atoms with E-state index in [1.165, 1.54) is 125 Å². The van der Waals surface area contributed by atoms with Crippen LogP contribution in [0, 0.1) is 20.8 Å². The minimum atomic E-state index is 0.0107. The molecule has 0 spiro atoms. The monoisotopic (exact) mass is 794 g/mol. The molecule has 0 saturated carbocycles. The SMILES string of the molecule is Cc1cc2c3c(c1)N(c1ccc4c(c1)C(C)(C)CCC4(C)C)c1c(ccc4c1C(C)(C)CCC4(C)C)B3c1c(sc3ccc(C)cc13)N2c1ccc(C(C)(C)C)cc1C. The van der Waals surface area contributed by atoms with Crippen LogP contribution in [0.1, 0.15) is 146 Å². The molecule has 0 radical (unpaired) electrons. The van der Waals surface area contributed by atoms with Crippen LogP contribution in [0.3, 0.4) is 0 Å². The number of nitrogens with zero attached hydrogens (tertiary/aromatic N) is 2. The van der Waals surface area contributed by atoms with Crippen LogP contribution in [0.4, 0.5) is 33.4 Å². The van der Waals surface area contributed by atoms with Gasteiger partial charge in [0, 0.05) is 33.1 Å². The lowest BCUT2D eigenvalue weighted by Crippen LogP contribution is -2.61. The number of anilines is 6. The third kappa shape index (κ3) is 5.63.